The van der Waals surface area contributed by atoms with Crippen molar-refractivity contribution in [1.29, 1.82) is 0 Å². The van der Waals surface area contributed by atoms with Crippen LogP contribution in [0, 0.1) is 5.92 Å². The van der Waals surface area contributed by atoms with Gasteiger partial charge in [-0.1, -0.05) is 48.9 Å². The quantitative estimate of drug-likeness (QED) is 0.891. The van der Waals surface area contributed by atoms with Crippen molar-refractivity contribution < 1.29 is 0 Å². The summed E-state index contributed by atoms with van der Waals surface area (Å²) in [6.45, 7) is 3.05. The second-order valence-electron chi connectivity index (χ2n) is 5.32. The van der Waals surface area contributed by atoms with E-state index < -0.39 is 0 Å². The van der Waals surface area contributed by atoms with Gasteiger partial charge in [0.05, 0.1) is 16.8 Å². The minimum Gasteiger partial charge on any atom is -0.309 e. The summed E-state index contributed by atoms with van der Waals surface area (Å²) in [6.07, 6.45) is 3.03. The van der Waals surface area contributed by atoms with E-state index in [0.29, 0.717) is 11.8 Å². The molecule has 3 unspecified atom stereocenters. The maximum absolute atomic E-state index is 6.32. The normalized spacial score (nSPS) is 22.5. The molecule has 0 aliphatic heterocycles. The SMILES string of the molecule is CCNC(c1ncccc1Cl)C1CC1c1ccccc1. The van der Waals surface area contributed by atoms with Gasteiger partial charge in [0.25, 0.3) is 0 Å². The molecule has 0 radical (unpaired) electrons. The number of pyridine rings is 1. The highest BCUT2D eigenvalue weighted by Crippen LogP contribution is 2.54. The number of hydrogen-bond acceptors (Lipinski definition) is 2. The van der Waals surface area contributed by atoms with Gasteiger partial charge in [0, 0.05) is 6.20 Å². The van der Waals surface area contributed by atoms with Crippen molar-refractivity contribution in [3.05, 3.63) is 64.9 Å². The number of nitrogens with zero attached hydrogens (tertiary/aromatic N) is 1. The standard InChI is InChI=1S/C17H19ClN2/c1-2-19-16(17-15(18)9-6-10-20-17)14-11-13(14)12-7-4-3-5-8-12/h3-10,13-14,16,19H,2,11H2,1H3. The fourth-order valence-electron chi connectivity index (χ4n) is 2.96. The minimum atomic E-state index is 0.249. The number of halogens is 1. The lowest BCUT2D eigenvalue weighted by molar-refractivity contribution is 0.476. The summed E-state index contributed by atoms with van der Waals surface area (Å²) < 4.78 is 0. The minimum absolute atomic E-state index is 0.249. The van der Waals surface area contributed by atoms with Gasteiger partial charge >= 0.3 is 0 Å². The van der Waals surface area contributed by atoms with Crippen molar-refractivity contribution in [2.75, 3.05) is 6.54 Å². The largest absolute Gasteiger partial charge is 0.309 e. The van der Waals surface area contributed by atoms with E-state index in [0.717, 1.165) is 17.3 Å². The Morgan fingerprint density at radius 1 is 1.25 bits per heavy atom. The number of nitrogens with one attached hydrogen (secondary N) is 1. The van der Waals surface area contributed by atoms with Crippen molar-refractivity contribution >= 4 is 11.6 Å². The molecule has 1 aromatic heterocycles. The van der Waals surface area contributed by atoms with Crippen molar-refractivity contribution in [1.82, 2.24) is 10.3 Å². The summed E-state index contributed by atoms with van der Waals surface area (Å²) in [5, 5.41) is 4.32. The number of rotatable bonds is 5. The summed E-state index contributed by atoms with van der Waals surface area (Å²) >= 11 is 6.32. The van der Waals surface area contributed by atoms with Gasteiger partial charge in [0.1, 0.15) is 0 Å². The van der Waals surface area contributed by atoms with E-state index in [1.54, 1.807) is 0 Å². The Bertz CT molecular complexity index is 570. The fraction of sp³-hybridized carbons (Fsp3) is 0.353. The van der Waals surface area contributed by atoms with E-state index in [1.165, 1.54) is 12.0 Å². The highest BCUT2D eigenvalue weighted by Gasteiger charge is 2.45. The molecular formula is C17H19ClN2. The highest BCUT2D eigenvalue weighted by molar-refractivity contribution is 6.31. The molecule has 0 spiro atoms. The van der Waals surface area contributed by atoms with Gasteiger partial charge in [-0.15, -0.1) is 0 Å². The van der Waals surface area contributed by atoms with Gasteiger partial charge in [-0.3, -0.25) is 4.98 Å². The summed E-state index contributed by atoms with van der Waals surface area (Å²) in [7, 11) is 0. The van der Waals surface area contributed by atoms with Crippen LogP contribution in [0.4, 0.5) is 0 Å². The Morgan fingerprint density at radius 3 is 2.75 bits per heavy atom. The van der Waals surface area contributed by atoms with Crippen LogP contribution in [0.15, 0.2) is 48.7 Å². The van der Waals surface area contributed by atoms with E-state index in [9.17, 15) is 0 Å². The predicted octanol–water partition coefficient (Wildman–Crippen LogP) is 4.19. The Kier molecular flexibility index (Phi) is 4.04. The molecule has 0 saturated heterocycles. The number of hydrogen-bond donors (Lipinski definition) is 1. The van der Waals surface area contributed by atoms with Crippen LogP contribution in [0.2, 0.25) is 5.02 Å². The topological polar surface area (TPSA) is 24.9 Å². The number of benzene rings is 1. The molecule has 1 aliphatic rings. The zero-order chi connectivity index (χ0) is 13.9. The maximum atomic E-state index is 6.32. The van der Waals surface area contributed by atoms with Crippen LogP contribution in [0.25, 0.3) is 0 Å². The summed E-state index contributed by atoms with van der Waals surface area (Å²) in [5.74, 6) is 1.21. The molecule has 0 bridgehead atoms. The Labute approximate surface area is 125 Å². The molecule has 1 N–H and O–H groups in total. The van der Waals surface area contributed by atoms with Crippen LogP contribution >= 0.6 is 11.6 Å². The van der Waals surface area contributed by atoms with E-state index in [1.807, 2.05) is 18.3 Å². The average Bonchev–Trinajstić information content (AvgIpc) is 3.27. The third-order valence-corrected chi connectivity index (χ3v) is 4.32. The van der Waals surface area contributed by atoms with Crippen molar-refractivity contribution in [2.24, 2.45) is 5.92 Å². The Morgan fingerprint density at radius 2 is 2.05 bits per heavy atom. The molecule has 20 heavy (non-hydrogen) atoms. The molecule has 1 aromatic carbocycles. The first-order chi connectivity index (χ1) is 9.81. The summed E-state index contributed by atoms with van der Waals surface area (Å²) in [6, 6.07) is 14.8. The van der Waals surface area contributed by atoms with Crippen LogP contribution < -0.4 is 5.32 Å². The van der Waals surface area contributed by atoms with Crippen LogP contribution in [0.3, 0.4) is 0 Å². The monoisotopic (exact) mass is 286 g/mol. The molecule has 0 amide bonds. The zero-order valence-electron chi connectivity index (χ0n) is 11.6. The lowest BCUT2D eigenvalue weighted by Crippen LogP contribution is -2.24. The first kappa shape index (κ1) is 13.6. The molecule has 1 saturated carbocycles. The lowest BCUT2D eigenvalue weighted by atomic mass is 10.0. The number of aromatic nitrogens is 1. The average molecular weight is 287 g/mol. The smallest absolute Gasteiger partial charge is 0.0762 e. The van der Waals surface area contributed by atoms with E-state index in [-0.39, 0.29) is 6.04 Å². The van der Waals surface area contributed by atoms with Crippen molar-refractivity contribution in [2.45, 2.75) is 25.3 Å². The maximum Gasteiger partial charge on any atom is 0.0762 e. The van der Waals surface area contributed by atoms with Crippen molar-refractivity contribution in [3.63, 3.8) is 0 Å². The summed E-state index contributed by atoms with van der Waals surface area (Å²) in [4.78, 5) is 4.49. The molecule has 1 aliphatic carbocycles. The fourth-order valence-corrected chi connectivity index (χ4v) is 3.20. The van der Waals surface area contributed by atoms with Gasteiger partial charge in [-0.2, -0.15) is 0 Å². The molecule has 1 heterocycles. The van der Waals surface area contributed by atoms with Crippen LogP contribution in [-0.4, -0.2) is 11.5 Å². The molecule has 3 heteroatoms. The van der Waals surface area contributed by atoms with Gasteiger partial charge < -0.3 is 5.32 Å². The van der Waals surface area contributed by atoms with Crippen LogP contribution in [0.1, 0.15) is 36.6 Å². The van der Waals surface area contributed by atoms with Crippen LogP contribution in [0.5, 0.6) is 0 Å². The Hall–Kier alpha value is -1.38. The van der Waals surface area contributed by atoms with E-state index in [4.69, 9.17) is 11.6 Å². The molecule has 2 aromatic rings. The first-order valence-electron chi connectivity index (χ1n) is 7.20. The third kappa shape index (κ3) is 2.72. The molecule has 1 fully saturated rings. The summed E-state index contributed by atoms with van der Waals surface area (Å²) in [5.41, 5.74) is 2.41. The van der Waals surface area contributed by atoms with E-state index in [2.05, 4.69) is 47.6 Å². The van der Waals surface area contributed by atoms with Gasteiger partial charge in [0.2, 0.25) is 0 Å². The Balaban J connectivity index is 1.82. The molecule has 2 nitrogen and oxygen atoms in total. The predicted molar refractivity (Wildman–Crippen MR) is 83.0 cm³/mol. The second kappa shape index (κ2) is 5.94. The first-order valence-corrected chi connectivity index (χ1v) is 7.57. The van der Waals surface area contributed by atoms with Crippen LogP contribution in [-0.2, 0) is 0 Å². The highest BCUT2D eigenvalue weighted by atomic mass is 35.5. The van der Waals surface area contributed by atoms with E-state index >= 15 is 0 Å². The van der Waals surface area contributed by atoms with Gasteiger partial charge in [-0.05, 0) is 42.5 Å². The molecule has 3 atom stereocenters. The zero-order valence-corrected chi connectivity index (χ0v) is 12.3. The second-order valence-corrected chi connectivity index (χ2v) is 5.73. The molecule has 104 valence electrons. The van der Waals surface area contributed by atoms with Gasteiger partial charge in [-0.25, -0.2) is 0 Å². The molecule has 3 rings (SSSR count). The van der Waals surface area contributed by atoms with Gasteiger partial charge in [0.15, 0.2) is 0 Å². The third-order valence-electron chi connectivity index (χ3n) is 4.00. The molecular weight excluding hydrogens is 268 g/mol. The lowest BCUT2D eigenvalue weighted by Gasteiger charge is -2.18. The van der Waals surface area contributed by atoms with Crippen molar-refractivity contribution in [3.8, 4) is 0 Å².